The van der Waals surface area contributed by atoms with Crippen LogP contribution in [0.4, 0.5) is 11.4 Å². The van der Waals surface area contributed by atoms with Crippen molar-refractivity contribution in [1.29, 1.82) is 0 Å². The zero-order valence-corrected chi connectivity index (χ0v) is 20.3. The van der Waals surface area contributed by atoms with Crippen LogP contribution in [0.15, 0.2) is 58.5 Å². The van der Waals surface area contributed by atoms with E-state index in [2.05, 4.69) is 24.1 Å². The summed E-state index contributed by atoms with van der Waals surface area (Å²) in [6.45, 7) is 3.99. The summed E-state index contributed by atoms with van der Waals surface area (Å²) in [5.74, 6) is -1.15. The van der Waals surface area contributed by atoms with E-state index in [9.17, 15) is 19.2 Å². The number of para-hydroxylation sites is 3. The molecule has 0 unspecified atom stereocenters. The Bertz CT molecular complexity index is 1340. The van der Waals surface area contributed by atoms with Gasteiger partial charge in [0.2, 0.25) is 5.91 Å². The van der Waals surface area contributed by atoms with Crippen LogP contribution in [0.25, 0.3) is 10.9 Å². The molecule has 0 saturated heterocycles. The van der Waals surface area contributed by atoms with Gasteiger partial charge in [-0.2, -0.15) is 0 Å². The zero-order valence-electron chi connectivity index (χ0n) is 19.5. The summed E-state index contributed by atoms with van der Waals surface area (Å²) < 4.78 is 6.78. The van der Waals surface area contributed by atoms with E-state index in [0.29, 0.717) is 39.9 Å². The average molecular weight is 495 g/mol. The standard InChI is InChI=1S/C25H26N4O5S/c1-16(2)11-12-28-24(33)17-7-3-4-8-18(17)27-25(28)35-15-23(32)34-14-22(31)29-13-21(30)26-19-9-5-6-10-20(19)29/h3-10,16H,11-15H2,1-2H3,(H,26,30). The summed E-state index contributed by atoms with van der Waals surface area (Å²) in [4.78, 5) is 56.0. The summed E-state index contributed by atoms with van der Waals surface area (Å²) in [5.41, 5.74) is 1.49. The van der Waals surface area contributed by atoms with Crippen LogP contribution in [-0.4, -0.2) is 46.2 Å². The number of rotatable bonds is 8. The first kappa shape index (κ1) is 24.5. The van der Waals surface area contributed by atoms with Crippen molar-refractivity contribution in [2.75, 3.05) is 29.1 Å². The number of carbonyl (C=O) groups is 3. The van der Waals surface area contributed by atoms with Crippen LogP contribution in [0.5, 0.6) is 0 Å². The Morgan fingerprint density at radius 1 is 1.11 bits per heavy atom. The lowest BCUT2D eigenvalue weighted by Gasteiger charge is -2.28. The van der Waals surface area contributed by atoms with E-state index in [1.54, 1.807) is 53.1 Å². The molecule has 2 amide bonds. The van der Waals surface area contributed by atoms with Crippen molar-refractivity contribution < 1.29 is 19.1 Å². The van der Waals surface area contributed by atoms with Gasteiger partial charge in [0.15, 0.2) is 11.8 Å². The van der Waals surface area contributed by atoms with Gasteiger partial charge in [-0.05, 0) is 36.6 Å². The molecule has 3 aromatic rings. The van der Waals surface area contributed by atoms with Gasteiger partial charge in [0.1, 0.15) is 6.54 Å². The molecule has 0 spiro atoms. The second-order valence-electron chi connectivity index (χ2n) is 8.55. The number of hydrogen-bond donors (Lipinski definition) is 1. The third-order valence-electron chi connectivity index (χ3n) is 5.50. The van der Waals surface area contributed by atoms with Crippen LogP contribution in [0.2, 0.25) is 0 Å². The van der Waals surface area contributed by atoms with Crippen LogP contribution in [-0.2, 0) is 25.7 Å². The van der Waals surface area contributed by atoms with Gasteiger partial charge in [0, 0.05) is 6.54 Å². The van der Waals surface area contributed by atoms with Gasteiger partial charge in [-0.15, -0.1) is 0 Å². The minimum absolute atomic E-state index is 0.114. The van der Waals surface area contributed by atoms with Crippen LogP contribution in [0.1, 0.15) is 20.3 Å². The van der Waals surface area contributed by atoms with Crippen molar-refractivity contribution in [3.05, 3.63) is 58.9 Å². The summed E-state index contributed by atoms with van der Waals surface area (Å²) in [6.07, 6.45) is 0.789. The van der Waals surface area contributed by atoms with Gasteiger partial charge in [-0.3, -0.25) is 28.6 Å². The molecule has 35 heavy (non-hydrogen) atoms. The van der Waals surface area contributed by atoms with E-state index in [1.165, 1.54) is 4.90 Å². The third-order valence-corrected chi connectivity index (χ3v) is 6.45. The topological polar surface area (TPSA) is 111 Å². The van der Waals surface area contributed by atoms with E-state index in [-0.39, 0.29) is 23.8 Å². The van der Waals surface area contributed by atoms with Crippen molar-refractivity contribution in [2.45, 2.75) is 32.0 Å². The van der Waals surface area contributed by atoms with Gasteiger partial charge in [-0.25, -0.2) is 4.98 Å². The number of benzene rings is 2. The van der Waals surface area contributed by atoms with E-state index in [0.717, 1.165) is 18.2 Å². The minimum Gasteiger partial charge on any atom is -0.455 e. The first-order chi connectivity index (χ1) is 16.8. The fraction of sp³-hybridized carbons (Fsp3) is 0.320. The number of hydrogen-bond acceptors (Lipinski definition) is 7. The number of ether oxygens (including phenoxy) is 1. The largest absolute Gasteiger partial charge is 0.455 e. The molecule has 1 aliphatic rings. The number of fused-ring (bicyclic) bond motifs is 2. The number of nitrogens with zero attached hydrogens (tertiary/aromatic N) is 3. The van der Waals surface area contributed by atoms with Crippen LogP contribution >= 0.6 is 11.8 Å². The molecule has 1 aromatic heterocycles. The molecule has 10 heteroatoms. The molecule has 2 heterocycles. The number of thioether (sulfide) groups is 1. The number of anilines is 2. The van der Waals surface area contributed by atoms with Gasteiger partial charge in [0.25, 0.3) is 11.5 Å². The number of nitrogens with one attached hydrogen (secondary N) is 1. The van der Waals surface area contributed by atoms with Crippen molar-refractivity contribution >= 4 is 51.8 Å². The van der Waals surface area contributed by atoms with E-state index < -0.39 is 18.5 Å². The van der Waals surface area contributed by atoms with Crippen molar-refractivity contribution in [3.8, 4) is 0 Å². The Labute approximate surface area is 206 Å². The molecule has 0 saturated carbocycles. The predicted molar refractivity (Wildman–Crippen MR) is 135 cm³/mol. The molecule has 0 bridgehead atoms. The molecule has 2 aromatic carbocycles. The Kier molecular flexibility index (Phi) is 7.50. The molecule has 182 valence electrons. The Morgan fingerprint density at radius 2 is 1.86 bits per heavy atom. The Morgan fingerprint density at radius 3 is 2.66 bits per heavy atom. The second kappa shape index (κ2) is 10.7. The Hall–Kier alpha value is -3.66. The maximum absolute atomic E-state index is 13.0. The van der Waals surface area contributed by atoms with Gasteiger partial charge < -0.3 is 10.1 Å². The summed E-state index contributed by atoms with van der Waals surface area (Å²) in [7, 11) is 0. The first-order valence-electron chi connectivity index (χ1n) is 11.3. The highest BCUT2D eigenvalue weighted by Gasteiger charge is 2.27. The average Bonchev–Trinajstić information content (AvgIpc) is 2.84. The molecule has 9 nitrogen and oxygen atoms in total. The number of aromatic nitrogens is 2. The molecular weight excluding hydrogens is 468 g/mol. The molecule has 0 aliphatic carbocycles. The van der Waals surface area contributed by atoms with Crippen LogP contribution < -0.4 is 15.8 Å². The van der Waals surface area contributed by atoms with Crippen molar-refractivity contribution in [3.63, 3.8) is 0 Å². The molecule has 0 radical (unpaired) electrons. The van der Waals surface area contributed by atoms with Crippen LogP contribution in [0, 0.1) is 5.92 Å². The van der Waals surface area contributed by atoms with Gasteiger partial charge in [-0.1, -0.05) is 49.9 Å². The lowest BCUT2D eigenvalue weighted by Crippen LogP contribution is -2.44. The monoisotopic (exact) mass is 494 g/mol. The maximum atomic E-state index is 13.0. The number of esters is 1. The van der Waals surface area contributed by atoms with Crippen molar-refractivity contribution in [2.24, 2.45) is 5.92 Å². The predicted octanol–water partition coefficient (Wildman–Crippen LogP) is 3.06. The minimum atomic E-state index is -0.615. The molecule has 0 atom stereocenters. The fourth-order valence-corrected chi connectivity index (χ4v) is 4.51. The first-order valence-corrected chi connectivity index (χ1v) is 12.3. The molecule has 0 fully saturated rings. The number of amides is 2. The fourth-order valence-electron chi connectivity index (χ4n) is 3.68. The SMILES string of the molecule is CC(C)CCn1c(SCC(=O)OCC(=O)N2CC(=O)Nc3ccccc32)nc2ccccc2c1=O. The third kappa shape index (κ3) is 5.71. The smallest absolute Gasteiger partial charge is 0.316 e. The zero-order chi connectivity index (χ0) is 24.9. The van der Waals surface area contributed by atoms with Gasteiger partial charge >= 0.3 is 5.97 Å². The van der Waals surface area contributed by atoms with E-state index in [4.69, 9.17) is 4.74 Å². The maximum Gasteiger partial charge on any atom is 0.316 e. The molecule has 4 rings (SSSR count). The highest BCUT2D eigenvalue weighted by Crippen LogP contribution is 2.29. The summed E-state index contributed by atoms with van der Waals surface area (Å²) in [6, 6.07) is 14.0. The highest BCUT2D eigenvalue weighted by molar-refractivity contribution is 7.99. The van der Waals surface area contributed by atoms with E-state index in [1.807, 2.05) is 0 Å². The normalized spacial score (nSPS) is 13.0. The number of carbonyl (C=O) groups excluding carboxylic acids is 3. The van der Waals surface area contributed by atoms with Gasteiger partial charge in [0.05, 0.1) is 28.0 Å². The molecule has 1 aliphatic heterocycles. The van der Waals surface area contributed by atoms with Crippen molar-refractivity contribution in [1.82, 2.24) is 9.55 Å². The Balaban J connectivity index is 1.42. The highest BCUT2D eigenvalue weighted by atomic mass is 32.2. The molecule has 1 N–H and O–H groups in total. The van der Waals surface area contributed by atoms with E-state index >= 15 is 0 Å². The summed E-state index contributed by atoms with van der Waals surface area (Å²) >= 11 is 1.10. The lowest BCUT2D eigenvalue weighted by molar-refractivity contribution is -0.145. The second-order valence-corrected chi connectivity index (χ2v) is 9.49. The van der Waals surface area contributed by atoms with Crippen LogP contribution in [0.3, 0.4) is 0 Å². The lowest BCUT2D eigenvalue weighted by atomic mass is 10.1. The molecular formula is C25H26N4O5S. The summed E-state index contributed by atoms with van der Waals surface area (Å²) in [5, 5.41) is 3.67. The quantitative estimate of drug-likeness (QED) is 0.291.